The summed E-state index contributed by atoms with van der Waals surface area (Å²) in [5.74, 6) is 1.84. The highest BCUT2D eigenvalue weighted by Crippen LogP contribution is 2.34. The van der Waals surface area contributed by atoms with Gasteiger partial charge in [0.15, 0.2) is 6.10 Å². The maximum Gasteiger partial charge on any atom is 0.258 e. The summed E-state index contributed by atoms with van der Waals surface area (Å²) in [5, 5.41) is 4.01. The molecule has 2 aromatic carbocycles. The number of benzene rings is 2. The van der Waals surface area contributed by atoms with Crippen LogP contribution in [0, 0.1) is 19.8 Å². The van der Waals surface area contributed by atoms with Crippen LogP contribution < -0.4 is 20.5 Å². The highest BCUT2D eigenvalue weighted by atomic mass is 16.5. The van der Waals surface area contributed by atoms with E-state index in [1.807, 2.05) is 70.2 Å². The zero-order valence-corrected chi connectivity index (χ0v) is 19.6. The van der Waals surface area contributed by atoms with Gasteiger partial charge in [0.2, 0.25) is 0 Å². The van der Waals surface area contributed by atoms with E-state index >= 15 is 0 Å². The molecule has 1 atom stereocenters. The van der Waals surface area contributed by atoms with Gasteiger partial charge in [0.05, 0.1) is 17.1 Å². The van der Waals surface area contributed by atoms with Crippen molar-refractivity contribution in [3.05, 3.63) is 72.3 Å². The van der Waals surface area contributed by atoms with Gasteiger partial charge in [0.1, 0.15) is 29.4 Å². The third-order valence-corrected chi connectivity index (χ3v) is 5.31. The van der Waals surface area contributed by atoms with Crippen molar-refractivity contribution in [1.82, 2.24) is 15.0 Å². The second-order valence-electron chi connectivity index (χ2n) is 8.40. The molecule has 0 bridgehead atoms. The molecule has 1 unspecified atom stereocenters. The van der Waals surface area contributed by atoms with E-state index in [0.717, 1.165) is 22.7 Å². The van der Waals surface area contributed by atoms with Crippen LogP contribution in [0.4, 0.5) is 11.5 Å². The van der Waals surface area contributed by atoms with Crippen molar-refractivity contribution in [2.24, 2.45) is 11.7 Å². The van der Waals surface area contributed by atoms with Crippen LogP contribution >= 0.6 is 0 Å². The first-order chi connectivity index (χ1) is 16.3. The van der Waals surface area contributed by atoms with Gasteiger partial charge < -0.3 is 20.5 Å². The van der Waals surface area contributed by atoms with E-state index in [9.17, 15) is 4.79 Å². The predicted molar refractivity (Wildman–Crippen MR) is 131 cm³/mol. The van der Waals surface area contributed by atoms with E-state index in [1.54, 1.807) is 12.3 Å². The first-order valence-electron chi connectivity index (χ1n) is 11.0. The van der Waals surface area contributed by atoms with Crippen LogP contribution in [0.1, 0.15) is 25.1 Å². The Morgan fingerprint density at radius 3 is 2.50 bits per heavy atom. The zero-order chi connectivity index (χ0) is 24.2. The first-order valence-corrected chi connectivity index (χ1v) is 11.0. The molecule has 0 radical (unpaired) electrons. The molecule has 0 saturated heterocycles. The number of aryl methyl sites for hydroxylation is 2. The Bertz CT molecular complexity index is 1320. The number of carbonyl (C=O) groups excluding carboxylic acids is 1. The van der Waals surface area contributed by atoms with Crippen molar-refractivity contribution in [3.63, 3.8) is 0 Å². The lowest BCUT2D eigenvalue weighted by Gasteiger charge is -2.21. The molecule has 4 rings (SSSR count). The molecule has 174 valence electrons. The lowest BCUT2D eigenvalue weighted by molar-refractivity contribution is -0.126. The van der Waals surface area contributed by atoms with Crippen LogP contribution in [-0.4, -0.2) is 27.0 Å². The molecule has 2 aromatic heterocycles. The Balaban J connectivity index is 1.63. The summed E-state index contributed by atoms with van der Waals surface area (Å²) in [6.45, 7) is 7.67. The molecular formula is C26H27N5O3. The number of amides is 1. The van der Waals surface area contributed by atoms with Crippen LogP contribution in [0.3, 0.4) is 0 Å². The summed E-state index contributed by atoms with van der Waals surface area (Å²) in [4.78, 5) is 25.0. The smallest absolute Gasteiger partial charge is 0.258 e. The number of anilines is 2. The molecule has 8 heteroatoms. The Kier molecular flexibility index (Phi) is 6.58. The van der Waals surface area contributed by atoms with Crippen molar-refractivity contribution >= 4 is 28.3 Å². The topological polar surface area (TPSA) is 112 Å². The summed E-state index contributed by atoms with van der Waals surface area (Å²) in [6, 6.07) is 15.0. The number of hydrogen-bond donors (Lipinski definition) is 2. The Hall–Kier alpha value is -4.20. The fourth-order valence-corrected chi connectivity index (χ4v) is 3.55. The number of primary amides is 1. The number of pyridine rings is 1. The molecule has 8 nitrogen and oxygen atoms in total. The summed E-state index contributed by atoms with van der Waals surface area (Å²) >= 11 is 0. The fraction of sp³-hybridized carbons (Fsp3) is 0.231. The quantitative estimate of drug-likeness (QED) is 0.380. The zero-order valence-electron chi connectivity index (χ0n) is 19.6. The molecule has 2 heterocycles. The molecule has 1 amide bonds. The molecule has 0 fully saturated rings. The van der Waals surface area contributed by atoms with Crippen molar-refractivity contribution in [2.75, 3.05) is 5.32 Å². The lowest BCUT2D eigenvalue weighted by Crippen LogP contribution is -2.38. The number of fused-ring (bicyclic) bond motifs is 1. The molecule has 4 aromatic rings. The molecule has 0 aliphatic heterocycles. The summed E-state index contributed by atoms with van der Waals surface area (Å²) in [6.07, 6.45) is 2.41. The Labute approximate surface area is 198 Å². The van der Waals surface area contributed by atoms with E-state index in [-0.39, 0.29) is 5.92 Å². The van der Waals surface area contributed by atoms with E-state index < -0.39 is 12.0 Å². The second-order valence-corrected chi connectivity index (χ2v) is 8.40. The third-order valence-electron chi connectivity index (χ3n) is 5.31. The largest absolute Gasteiger partial charge is 0.479 e. The van der Waals surface area contributed by atoms with Crippen LogP contribution in [-0.2, 0) is 4.79 Å². The first kappa shape index (κ1) is 23.0. The van der Waals surface area contributed by atoms with Crippen LogP contribution in [0.25, 0.3) is 10.9 Å². The van der Waals surface area contributed by atoms with Gasteiger partial charge in [-0.25, -0.2) is 9.97 Å². The second kappa shape index (κ2) is 9.74. The van der Waals surface area contributed by atoms with Crippen molar-refractivity contribution < 1.29 is 14.3 Å². The fourth-order valence-electron chi connectivity index (χ4n) is 3.55. The molecular weight excluding hydrogens is 430 g/mol. The van der Waals surface area contributed by atoms with E-state index in [1.165, 1.54) is 6.33 Å². The number of ether oxygens (including phenoxy) is 2. The van der Waals surface area contributed by atoms with Gasteiger partial charge in [-0.3, -0.25) is 9.78 Å². The van der Waals surface area contributed by atoms with Gasteiger partial charge in [-0.1, -0.05) is 19.9 Å². The van der Waals surface area contributed by atoms with Gasteiger partial charge in [-0.05, 0) is 67.8 Å². The molecule has 3 N–H and O–H groups in total. The standard InChI is InChI=1S/C26H27N5O3/c1-15(2)24(25(27)32)34-22-7-5-6-20-23(22)26(30-14-29-20)31-18-9-11-21(16(3)12-18)33-19-10-8-17(4)28-13-19/h5-15,24H,1-4H3,(H2,27,32)(H,29,30,31). The Morgan fingerprint density at radius 1 is 1.00 bits per heavy atom. The summed E-state index contributed by atoms with van der Waals surface area (Å²) in [5.41, 5.74) is 8.93. The van der Waals surface area contributed by atoms with Crippen LogP contribution in [0.2, 0.25) is 0 Å². The summed E-state index contributed by atoms with van der Waals surface area (Å²) in [7, 11) is 0. The third kappa shape index (κ3) is 5.06. The van der Waals surface area contributed by atoms with E-state index in [2.05, 4.69) is 20.3 Å². The van der Waals surface area contributed by atoms with Gasteiger partial charge >= 0.3 is 0 Å². The molecule has 0 aliphatic carbocycles. The lowest BCUT2D eigenvalue weighted by atomic mass is 10.1. The van der Waals surface area contributed by atoms with Crippen LogP contribution in [0.15, 0.2) is 61.1 Å². The van der Waals surface area contributed by atoms with Gasteiger partial charge in [-0.15, -0.1) is 0 Å². The minimum atomic E-state index is -0.770. The Morgan fingerprint density at radius 2 is 1.82 bits per heavy atom. The predicted octanol–water partition coefficient (Wildman–Crippen LogP) is 5.07. The minimum Gasteiger partial charge on any atom is -0.479 e. The number of nitrogens with zero attached hydrogens (tertiary/aromatic N) is 3. The van der Waals surface area contributed by atoms with Gasteiger partial charge in [-0.2, -0.15) is 0 Å². The number of nitrogens with two attached hydrogens (primary N) is 1. The van der Waals surface area contributed by atoms with Crippen LogP contribution in [0.5, 0.6) is 17.2 Å². The molecule has 0 spiro atoms. The average molecular weight is 458 g/mol. The SMILES string of the molecule is Cc1ccc(Oc2ccc(Nc3ncnc4cccc(OC(C(N)=O)C(C)C)c34)cc2C)cn1. The normalized spacial score (nSPS) is 11.9. The highest BCUT2D eigenvalue weighted by Gasteiger charge is 2.23. The average Bonchev–Trinajstić information content (AvgIpc) is 2.80. The van der Waals surface area contributed by atoms with Gasteiger partial charge in [0, 0.05) is 11.4 Å². The maximum absolute atomic E-state index is 11.9. The monoisotopic (exact) mass is 457 g/mol. The highest BCUT2D eigenvalue weighted by molar-refractivity contribution is 5.96. The molecule has 0 saturated carbocycles. The number of aromatic nitrogens is 3. The van der Waals surface area contributed by atoms with Crippen molar-refractivity contribution in [3.8, 4) is 17.2 Å². The number of hydrogen-bond acceptors (Lipinski definition) is 7. The van der Waals surface area contributed by atoms with Crippen molar-refractivity contribution in [1.29, 1.82) is 0 Å². The molecule has 0 aliphatic rings. The van der Waals surface area contributed by atoms with Gasteiger partial charge in [0.25, 0.3) is 5.91 Å². The van der Waals surface area contributed by atoms with Crippen molar-refractivity contribution in [2.45, 2.75) is 33.8 Å². The number of nitrogens with one attached hydrogen (secondary N) is 1. The number of carbonyl (C=O) groups is 1. The van der Waals surface area contributed by atoms with E-state index in [0.29, 0.717) is 28.2 Å². The summed E-state index contributed by atoms with van der Waals surface area (Å²) < 4.78 is 12.0. The number of rotatable bonds is 8. The minimum absolute atomic E-state index is 0.0901. The van der Waals surface area contributed by atoms with E-state index in [4.69, 9.17) is 15.2 Å². The maximum atomic E-state index is 11.9. The molecule has 34 heavy (non-hydrogen) atoms.